The third-order valence-corrected chi connectivity index (χ3v) is 5.29. The highest BCUT2D eigenvalue weighted by Gasteiger charge is 2.24. The van der Waals surface area contributed by atoms with Crippen LogP contribution in [0.15, 0.2) is 42.6 Å². The van der Waals surface area contributed by atoms with Crippen molar-refractivity contribution in [3.05, 3.63) is 59.7 Å². The van der Waals surface area contributed by atoms with Crippen LogP contribution in [0.2, 0.25) is 0 Å². The van der Waals surface area contributed by atoms with Crippen LogP contribution in [0.1, 0.15) is 41.6 Å². The molecule has 2 aromatic rings. The number of hydrogen-bond donors (Lipinski definition) is 1. The summed E-state index contributed by atoms with van der Waals surface area (Å²) in [6.45, 7) is 7.11. The van der Waals surface area contributed by atoms with Crippen molar-refractivity contribution in [3.8, 4) is 0 Å². The summed E-state index contributed by atoms with van der Waals surface area (Å²) in [5.74, 6) is -0.979. The van der Waals surface area contributed by atoms with Gasteiger partial charge in [-0.3, -0.25) is 9.88 Å². The first-order valence-corrected chi connectivity index (χ1v) is 9.71. The van der Waals surface area contributed by atoms with E-state index in [0.29, 0.717) is 12.6 Å². The molecule has 0 saturated carbocycles. The molecule has 1 aliphatic rings. The highest BCUT2D eigenvalue weighted by Crippen LogP contribution is 2.19. The molecule has 1 aliphatic heterocycles. The number of pyridine rings is 2. The van der Waals surface area contributed by atoms with E-state index in [4.69, 9.17) is 0 Å². The summed E-state index contributed by atoms with van der Waals surface area (Å²) in [7, 11) is 0. The minimum Gasteiger partial charge on any atom is -0.477 e. The third-order valence-electron chi connectivity index (χ3n) is 5.29. The number of aromatic nitrogens is 2. The summed E-state index contributed by atoms with van der Waals surface area (Å²) in [4.78, 5) is 24.9. The van der Waals surface area contributed by atoms with Crippen molar-refractivity contribution in [1.82, 2.24) is 19.8 Å². The number of nitrogens with zero attached hydrogens (tertiary/aromatic N) is 4. The highest BCUT2D eigenvalue weighted by atomic mass is 16.4. The lowest BCUT2D eigenvalue weighted by molar-refractivity contribution is 0.0689. The molecule has 6 heteroatoms. The summed E-state index contributed by atoms with van der Waals surface area (Å²) in [6, 6.07) is 11.7. The molecule has 1 saturated heterocycles. The van der Waals surface area contributed by atoms with Gasteiger partial charge in [0.25, 0.3) is 0 Å². The summed E-state index contributed by atoms with van der Waals surface area (Å²) in [6.07, 6.45) is 4.98. The monoisotopic (exact) mass is 368 g/mol. The maximum atomic E-state index is 11.2. The smallest absolute Gasteiger partial charge is 0.354 e. The second-order valence-electron chi connectivity index (χ2n) is 7.03. The van der Waals surface area contributed by atoms with Gasteiger partial charge in [0.15, 0.2) is 0 Å². The number of carbonyl (C=O) groups is 1. The van der Waals surface area contributed by atoms with Gasteiger partial charge >= 0.3 is 5.97 Å². The van der Waals surface area contributed by atoms with E-state index in [1.165, 1.54) is 0 Å². The van der Waals surface area contributed by atoms with Crippen LogP contribution in [0.25, 0.3) is 0 Å². The molecule has 0 spiro atoms. The third kappa shape index (κ3) is 5.58. The Morgan fingerprint density at radius 2 is 1.96 bits per heavy atom. The van der Waals surface area contributed by atoms with Crippen LogP contribution in [0.4, 0.5) is 0 Å². The van der Waals surface area contributed by atoms with Gasteiger partial charge in [0.2, 0.25) is 0 Å². The van der Waals surface area contributed by atoms with E-state index in [0.717, 1.165) is 56.8 Å². The van der Waals surface area contributed by atoms with Crippen molar-refractivity contribution < 1.29 is 9.90 Å². The molecule has 0 radical (unpaired) electrons. The molecule has 0 bridgehead atoms. The van der Waals surface area contributed by atoms with Crippen molar-refractivity contribution in [1.29, 1.82) is 0 Å². The molecule has 1 fully saturated rings. The molecule has 2 aromatic heterocycles. The Morgan fingerprint density at radius 1 is 1.19 bits per heavy atom. The molecule has 144 valence electrons. The van der Waals surface area contributed by atoms with Gasteiger partial charge in [0, 0.05) is 37.4 Å². The Morgan fingerprint density at radius 3 is 2.63 bits per heavy atom. The molecule has 0 atom stereocenters. The van der Waals surface area contributed by atoms with Crippen LogP contribution in [0.3, 0.4) is 0 Å². The molecule has 3 rings (SSSR count). The maximum Gasteiger partial charge on any atom is 0.354 e. The quantitative estimate of drug-likeness (QED) is 0.773. The fourth-order valence-corrected chi connectivity index (χ4v) is 3.69. The summed E-state index contributed by atoms with van der Waals surface area (Å²) >= 11 is 0. The Bertz CT molecular complexity index is 730. The van der Waals surface area contributed by atoms with Gasteiger partial charge in [-0.1, -0.05) is 19.1 Å². The fourth-order valence-electron chi connectivity index (χ4n) is 3.69. The first kappa shape index (κ1) is 19.5. The van der Waals surface area contributed by atoms with Crippen LogP contribution in [0.5, 0.6) is 0 Å². The van der Waals surface area contributed by atoms with Gasteiger partial charge in [-0.05, 0) is 56.7 Å². The summed E-state index contributed by atoms with van der Waals surface area (Å²) < 4.78 is 0. The molecule has 0 aromatic carbocycles. The van der Waals surface area contributed by atoms with Crippen LogP contribution < -0.4 is 0 Å². The number of aromatic carboxylic acids is 1. The Hall–Kier alpha value is -2.31. The molecule has 0 unspecified atom stereocenters. The number of carboxylic acid groups (broad SMARTS) is 1. The van der Waals surface area contributed by atoms with E-state index >= 15 is 0 Å². The normalized spacial score (nSPS) is 15.9. The van der Waals surface area contributed by atoms with Gasteiger partial charge in [0.05, 0.1) is 5.69 Å². The zero-order valence-electron chi connectivity index (χ0n) is 15.9. The van der Waals surface area contributed by atoms with E-state index < -0.39 is 5.97 Å². The van der Waals surface area contributed by atoms with Gasteiger partial charge in [-0.15, -0.1) is 0 Å². The lowest BCUT2D eigenvalue weighted by Gasteiger charge is -2.38. The van der Waals surface area contributed by atoms with Crippen molar-refractivity contribution in [2.24, 2.45) is 0 Å². The molecule has 0 aliphatic carbocycles. The van der Waals surface area contributed by atoms with Crippen molar-refractivity contribution >= 4 is 5.97 Å². The molecular formula is C21H28N4O2. The van der Waals surface area contributed by atoms with Crippen molar-refractivity contribution in [2.45, 2.75) is 38.8 Å². The van der Waals surface area contributed by atoms with Crippen molar-refractivity contribution in [3.63, 3.8) is 0 Å². The number of hydrogen-bond acceptors (Lipinski definition) is 5. The molecular weight excluding hydrogens is 340 g/mol. The molecule has 0 amide bonds. The van der Waals surface area contributed by atoms with E-state index in [-0.39, 0.29) is 5.69 Å². The largest absolute Gasteiger partial charge is 0.477 e. The SMILES string of the molecule is CCN1CCC(N(CCc2ccccn2)Cc2cccc(C(=O)O)n2)CC1. The van der Waals surface area contributed by atoms with E-state index in [1.54, 1.807) is 12.1 Å². The van der Waals surface area contributed by atoms with Gasteiger partial charge < -0.3 is 10.0 Å². The summed E-state index contributed by atoms with van der Waals surface area (Å²) in [5.41, 5.74) is 2.01. The summed E-state index contributed by atoms with van der Waals surface area (Å²) in [5, 5.41) is 9.21. The number of carboxylic acids is 1. The van der Waals surface area contributed by atoms with Crippen LogP contribution in [0, 0.1) is 0 Å². The minimum atomic E-state index is -0.979. The number of piperidine rings is 1. The van der Waals surface area contributed by atoms with Gasteiger partial charge in [0.1, 0.15) is 5.69 Å². The average Bonchev–Trinajstić information content (AvgIpc) is 2.72. The second-order valence-corrected chi connectivity index (χ2v) is 7.03. The van der Waals surface area contributed by atoms with Crippen LogP contribution in [-0.4, -0.2) is 63.1 Å². The zero-order valence-corrected chi connectivity index (χ0v) is 15.9. The Kier molecular flexibility index (Phi) is 6.90. The predicted octanol–water partition coefficient (Wildman–Crippen LogP) is 2.70. The van der Waals surface area contributed by atoms with Crippen molar-refractivity contribution in [2.75, 3.05) is 26.2 Å². The van der Waals surface area contributed by atoms with Gasteiger partial charge in [-0.25, -0.2) is 9.78 Å². The van der Waals surface area contributed by atoms with E-state index in [2.05, 4.69) is 32.8 Å². The average molecular weight is 368 g/mol. The first-order valence-electron chi connectivity index (χ1n) is 9.71. The molecule has 6 nitrogen and oxygen atoms in total. The minimum absolute atomic E-state index is 0.109. The Balaban J connectivity index is 1.70. The Labute approximate surface area is 160 Å². The maximum absolute atomic E-state index is 11.2. The van der Waals surface area contributed by atoms with Crippen LogP contribution >= 0.6 is 0 Å². The van der Waals surface area contributed by atoms with Gasteiger partial charge in [-0.2, -0.15) is 0 Å². The van der Waals surface area contributed by atoms with E-state index in [1.807, 2.05) is 24.4 Å². The van der Waals surface area contributed by atoms with E-state index in [9.17, 15) is 9.90 Å². The lowest BCUT2D eigenvalue weighted by Crippen LogP contribution is -2.45. The first-order chi connectivity index (χ1) is 13.2. The number of rotatable bonds is 8. The molecule has 1 N–H and O–H groups in total. The highest BCUT2D eigenvalue weighted by molar-refractivity contribution is 5.85. The van der Waals surface area contributed by atoms with Crippen LogP contribution in [-0.2, 0) is 13.0 Å². The predicted molar refractivity (Wildman–Crippen MR) is 105 cm³/mol. The topological polar surface area (TPSA) is 69.6 Å². The lowest BCUT2D eigenvalue weighted by atomic mass is 10.0. The molecule has 27 heavy (non-hydrogen) atoms. The number of likely N-dealkylation sites (tertiary alicyclic amines) is 1. The molecule has 3 heterocycles. The zero-order chi connectivity index (χ0) is 19.1. The fraction of sp³-hybridized carbons (Fsp3) is 0.476. The standard InChI is InChI=1S/C21H28N4O2/c1-2-24-13-10-19(11-14-24)25(15-9-17-6-3-4-12-22-17)16-18-7-5-8-20(23-18)21(26)27/h3-8,12,19H,2,9-11,13-16H2,1H3,(H,26,27). The second kappa shape index (κ2) is 9.58.